The third-order valence-electron chi connectivity index (χ3n) is 2.95. The highest BCUT2D eigenvalue weighted by Gasteiger charge is 2.31. The number of hydrogen-bond donors (Lipinski definition) is 0. The Morgan fingerprint density at radius 2 is 2.17 bits per heavy atom. The maximum Gasteiger partial charge on any atom is 0.311 e. The van der Waals surface area contributed by atoms with E-state index in [1.54, 1.807) is 13.8 Å². The summed E-state index contributed by atoms with van der Waals surface area (Å²) in [5.74, 6) is -0.147. The van der Waals surface area contributed by atoms with E-state index >= 15 is 0 Å². The molecular weight excluding hydrogens is 237 g/mol. The highest BCUT2D eigenvalue weighted by molar-refractivity contribution is 5.75. The average molecular weight is 259 g/mol. The Morgan fingerprint density at radius 3 is 2.67 bits per heavy atom. The van der Waals surface area contributed by atoms with Gasteiger partial charge in [0.05, 0.1) is 18.6 Å². The minimum atomic E-state index is -0.638. The van der Waals surface area contributed by atoms with Crippen molar-refractivity contribution >= 4 is 12.0 Å². The maximum atomic E-state index is 12.3. The number of halogens is 1. The Labute approximate surface area is 108 Å². The van der Waals surface area contributed by atoms with Crippen LogP contribution in [0.1, 0.15) is 40.0 Å². The minimum Gasteiger partial charge on any atom is -0.463 e. The van der Waals surface area contributed by atoms with Crippen molar-refractivity contribution in [3.63, 3.8) is 0 Å². The number of alkyl halides is 1. The van der Waals surface area contributed by atoms with E-state index in [0.29, 0.717) is 12.8 Å². The van der Waals surface area contributed by atoms with Crippen LogP contribution < -0.4 is 0 Å². The second kappa shape index (κ2) is 8.81. The molecule has 18 heavy (non-hydrogen) atoms. The number of hydrogen-bond acceptors (Lipinski definition) is 4. The molecule has 0 aliphatic rings. The van der Waals surface area contributed by atoms with Crippen LogP contribution in [0.25, 0.3) is 0 Å². The van der Waals surface area contributed by atoms with E-state index in [1.165, 1.54) is 6.08 Å². The average Bonchev–Trinajstić information content (AvgIpc) is 2.33. The molecule has 0 heterocycles. The Kier molecular flexibility index (Phi) is 8.21. The van der Waals surface area contributed by atoms with Crippen LogP contribution in [0.3, 0.4) is 0 Å². The SMILES string of the molecule is CCC(CCF)CC(C)(C)C(=O)OCCN=C=O. The number of isocyanates is 1. The molecule has 0 N–H and O–H groups in total. The molecule has 0 aromatic carbocycles. The summed E-state index contributed by atoms with van der Waals surface area (Å²) in [6.45, 7) is 5.42. The molecule has 0 saturated carbocycles. The molecule has 0 aliphatic carbocycles. The molecule has 0 amide bonds. The quantitative estimate of drug-likeness (QED) is 0.277. The summed E-state index contributed by atoms with van der Waals surface area (Å²) in [4.78, 5) is 25.0. The first-order valence-electron chi connectivity index (χ1n) is 6.24. The van der Waals surface area contributed by atoms with Gasteiger partial charge < -0.3 is 4.74 Å². The Morgan fingerprint density at radius 1 is 1.50 bits per heavy atom. The Hall–Kier alpha value is -1.22. The summed E-state index contributed by atoms with van der Waals surface area (Å²) in [6.07, 6.45) is 3.30. The number of ether oxygens (including phenoxy) is 1. The summed E-state index contributed by atoms with van der Waals surface area (Å²) in [7, 11) is 0. The van der Waals surface area contributed by atoms with Crippen LogP contribution in [0, 0.1) is 11.3 Å². The number of rotatable bonds is 9. The standard InChI is InChI=1S/C13H22FNO3/c1-4-11(5-6-14)9-13(2,3)12(17)18-8-7-15-10-16/h11H,4-9H2,1-3H3. The third-order valence-corrected chi connectivity index (χ3v) is 2.95. The Bertz CT molecular complexity index is 299. The van der Waals surface area contributed by atoms with Crippen molar-refractivity contribution in [2.45, 2.75) is 40.0 Å². The zero-order valence-electron chi connectivity index (χ0n) is 11.4. The van der Waals surface area contributed by atoms with E-state index in [1.807, 2.05) is 6.92 Å². The van der Waals surface area contributed by atoms with Crippen LogP contribution in [0.2, 0.25) is 0 Å². The number of nitrogens with zero attached hydrogens (tertiary/aromatic N) is 1. The first-order chi connectivity index (χ1) is 8.47. The highest BCUT2D eigenvalue weighted by atomic mass is 19.1. The summed E-state index contributed by atoms with van der Waals surface area (Å²) in [5.41, 5.74) is -0.638. The van der Waals surface area contributed by atoms with Gasteiger partial charge in [0.1, 0.15) is 6.61 Å². The number of carbonyl (C=O) groups excluding carboxylic acids is 2. The van der Waals surface area contributed by atoms with Gasteiger partial charge in [-0.25, -0.2) is 9.79 Å². The summed E-state index contributed by atoms with van der Waals surface area (Å²) in [5, 5.41) is 0. The van der Waals surface area contributed by atoms with E-state index in [2.05, 4.69) is 4.99 Å². The fourth-order valence-corrected chi connectivity index (χ4v) is 1.83. The van der Waals surface area contributed by atoms with Gasteiger partial charge in [0.15, 0.2) is 0 Å². The van der Waals surface area contributed by atoms with Crippen molar-refractivity contribution in [2.75, 3.05) is 19.8 Å². The van der Waals surface area contributed by atoms with Gasteiger partial charge in [0.2, 0.25) is 6.08 Å². The van der Waals surface area contributed by atoms with Crippen molar-refractivity contribution in [3.05, 3.63) is 0 Å². The molecule has 0 saturated heterocycles. The summed E-state index contributed by atoms with van der Waals surface area (Å²) < 4.78 is 17.4. The van der Waals surface area contributed by atoms with Gasteiger partial charge in [-0.15, -0.1) is 0 Å². The van der Waals surface area contributed by atoms with Crippen LogP contribution in [0.5, 0.6) is 0 Å². The predicted molar refractivity (Wildman–Crippen MR) is 66.7 cm³/mol. The van der Waals surface area contributed by atoms with E-state index in [0.717, 1.165) is 6.42 Å². The van der Waals surface area contributed by atoms with Gasteiger partial charge in [-0.1, -0.05) is 13.3 Å². The zero-order valence-corrected chi connectivity index (χ0v) is 11.4. The molecule has 0 rings (SSSR count). The highest BCUT2D eigenvalue weighted by Crippen LogP contribution is 2.30. The Balaban J connectivity index is 4.23. The van der Waals surface area contributed by atoms with Gasteiger partial charge in [0.25, 0.3) is 0 Å². The fraction of sp³-hybridized carbons (Fsp3) is 0.846. The van der Waals surface area contributed by atoms with Gasteiger partial charge in [-0.2, -0.15) is 0 Å². The molecular formula is C13H22FNO3. The largest absolute Gasteiger partial charge is 0.463 e. The number of esters is 1. The molecule has 104 valence electrons. The van der Waals surface area contributed by atoms with Crippen LogP contribution in [-0.2, 0) is 14.3 Å². The molecule has 0 aliphatic heterocycles. The summed E-state index contributed by atoms with van der Waals surface area (Å²) >= 11 is 0. The summed E-state index contributed by atoms with van der Waals surface area (Å²) in [6, 6.07) is 0. The number of carbonyl (C=O) groups is 1. The lowest BCUT2D eigenvalue weighted by atomic mass is 9.80. The van der Waals surface area contributed by atoms with Gasteiger partial charge >= 0.3 is 5.97 Å². The molecule has 1 atom stereocenters. The van der Waals surface area contributed by atoms with Crippen molar-refractivity contribution in [3.8, 4) is 0 Å². The molecule has 4 nitrogen and oxygen atoms in total. The van der Waals surface area contributed by atoms with E-state index in [4.69, 9.17) is 4.74 Å². The maximum absolute atomic E-state index is 12.3. The van der Waals surface area contributed by atoms with Gasteiger partial charge in [-0.05, 0) is 32.6 Å². The van der Waals surface area contributed by atoms with E-state index in [-0.39, 0.29) is 31.7 Å². The fourth-order valence-electron chi connectivity index (χ4n) is 1.83. The smallest absolute Gasteiger partial charge is 0.311 e. The van der Waals surface area contributed by atoms with Crippen molar-refractivity contribution in [2.24, 2.45) is 16.3 Å². The number of aliphatic imine (C=N–C) groups is 1. The lowest BCUT2D eigenvalue weighted by molar-refractivity contribution is -0.154. The van der Waals surface area contributed by atoms with Crippen LogP contribution in [0.15, 0.2) is 4.99 Å². The lowest BCUT2D eigenvalue weighted by Gasteiger charge is -2.26. The molecule has 0 fully saturated rings. The van der Waals surface area contributed by atoms with Crippen molar-refractivity contribution in [1.29, 1.82) is 0 Å². The molecule has 1 unspecified atom stereocenters. The minimum absolute atomic E-state index is 0.0808. The lowest BCUT2D eigenvalue weighted by Crippen LogP contribution is -2.30. The first kappa shape index (κ1) is 16.8. The second-order valence-corrected chi connectivity index (χ2v) is 4.95. The van der Waals surface area contributed by atoms with Crippen LogP contribution in [-0.4, -0.2) is 31.9 Å². The molecule has 0 aromatic heterocycles. The second-order valence-electron chi connectivity index (χ2n) is 4.95. The third kappa shape index (κ3) is 6.50. The molecule has 0 radical (unpaired) electrons. The van der Waals surface area contributed by atoms with Gasteiger partial charge in [0, 0.05) is 0 Å². The van der Waals surface area contributed by atoms with Crippen molar-refractivity contribution in [1.82, 2.24) is 0 Å². The van der Waals surface area contributed by atoms with Crippen LogP contribution in [0.4, 0.5) is 4.39 Å². The molecule has 0 spiro atoms. The van der Waals surface area contributed by atoms with Crippen LogP contribution >= 0.6 is 0 Å². The predicted octanol–water partition coefficient (Wildman–Crippen LogP) is 2.67. The molecule has 5 heteroatoms. The molecule has 0 bridgehead atoms. The zero-order chi connectivity index (χ0) is 14.0. The van der Waals surface area contributed by atoms with Crippen molar-refractivity contribution < 1.29 is 18.7 Å². The first-order valence-corrected chi connectivity index (χ1v) is 6.24. The van der Waals surface area contributed by atoms with E-state index in [9.17, 15) is 14.0 Å². The normalized spacial score (nSPS) is 12.7. The molecule has 0 aromatic rings. The van der Waals surface area contributed by atoms with Gasteiger partial charge in [-0.3, -0.25) is 9.18 Å². The monoisotopic (exact) mass is 259 g/mol. The van der Waals surface area contributed by atoms with E-state index < -0.39 is 5.41 Å². The topological polar surface area (TPSA) is 55.7 Å².